The zero-order chi connectivity index (χ0) is 19.6. The molecule has 0 spiro atoms. The van der Waals surface area contributed by atoms with Crippen molar-refractivity contribution in [3.05, 3.63) is 35.4 Å². The fourth-order valence-corrected chi connectivity index (χ4v) is 3.79. The molecule has 0 aliphatic carbocycles. The first-order chi connectivity index (χ1) is 12.9. The van der Waals surface area contributed by atoms with Gasteiger partial charge in [0.05, 0.1) is 18.0 Å². The maximum absolute atomic E-state index is 12.8. The van der Waals surface area contributed by atoms with Gasteiger partial charge in [-0.15, -0.1) is 0 Å². The van der Waals surface area contributed by atoms with E-state index in [1.165, 1.54) is 21.7 Å². The molecular formula is C18H22N4O4S. The highest BCUT2D eigenvalue weighted by Gasteiger charge is 2.46. The molecule has 2 N–H and O–H groups in total. The summed E-state index contributed by atoms with van der Waals surface area (Å²) in [7, 11) is 0. The van der Waals surface area contributed by atoms with Crippen molar-refractivity contribution in [1.82, 2.24) is 14.5 Å². The Bertz CT molecular complexity index is 795. The van der Waals surface area contributed by atoms with Crippen LogP contribution < -0.4 is 14.8 Å². The Kier molecular flexibility index (Phi) is 5.71. The van der Waals surface area contributed by atoms with Gasteiger partial charge in [-0.05, 0) is 32.9 Å². The number of ether oxygens (including phenoxy) is 1. The molecule has 144 valence electrons. The van der Waals surface area contributed by atoms with E-state index in [1.54, 1.807) is 37.5 Å². The summed E-state index contributed by atoms with van der Waals surface area (Å²) in [6, 6.07) is 5.69. The monoisotopic (exact) mass is 390 g/mol. The van der Waals surface area contributed by atoms with Crippen LogP contribution in [-0.2, 0) is 9.59 Å². The number of benzene rings is 1. The van der Waals surface area contributed by atoms with Crippen molar-refractivity contribution >= 4 is 35.5 Å². The first-order valence-electron chi connectivity index (χ1n) is 8.71. The lowest BCUT2D eigenvalue weighted by atomic mass is 10.1. The standard InChI is InChI=1S/C18H22N4O4S/c1-4-26-14-8-6-5-7-12(14)19-15(23)9-21-13-10-27-20-16(13)17(24)22(11(2)3)18(21)25/h5-8,10-11,16,20H,4,9H2,1-3H3,(H,19,23). The number of rotatable bonds is 6. The van der Waals surface area contributed by atoms with Crippen LogP contribution in [0.3, 0.4) is 0 Å². The summed E-state index contributed by atoms with van der Waals surface area (Å²) < 4.78 is 8.49. The summed E-state index contributed by atoms with van der Waals surface area (Å²) >= 11 is 1.24. The van der Waals surface area contributed by atoms with Crippen LogP contribution >= 0.6 is 11.9 Å². The lowest BCUT2D eigenvalue weighted by Gasteiger charge is -2.39. The SMILES string of the molecule is CCOc1ccccc1NC(=O)CN1C(=O)N(C(C)C)C(=O)C2NSC=C21. The van der Waals surface area contributed by atoms with Crippen LogP contribution in [0.4, 0.5) is 10.5 Å². The molecule has 8 nitrogen and oxygen atoms in total. The molecule has 27 heavy (non-hydrogen) atoms. The molecule has 2 heterocycles. The minimum atomic E-state index is -0.626. The summed E-state index contributed by atoms with van der Waals surface area (Å²) in [5, 5.41) is 4.48. The van der Waals surface area contributed by atoms with E-state index in [-0.39, 0.29) is 24.4 Å². The lowest BCUT2D eigenvalue weighted by Crippen LogP contribution is -2.62. The van der Waals surface area contributed by atoms with Gasteiger partial charge in [-0.2, -0.15) is 0 Å². The Morgan fingerprint density at radius 2 is 2.07 bits per heavy atom. The van der Waals surface area contributed by atoms with E-state index in [4.69, 9.17) is 4.74 Å². The van der Waals surface area contributed by atoms with Crippen LogP contribution in [0.1, 0.15) is 20.8 Å². The topological polar surface area (TPSA) is 91.0 Å². The van der Waals surface area contributed by atoms with Crippen molar-refractivity contribution in [3.63, 3.8) is 0 Å². The Hall–Kier alpha value is -2.52. The number of carbonyl (C=O) groups excluding carboxylic acids is 3. The first kappa shape index (κ1) is 19.2. The third kappa shape index (κ3) is 3.79. The van der Waals surface area contributed by atoms with Gasteiger partial charge in [0, 0.05) is 11.4 Å². The van der Waals surface area contributed by atoms with E-state index in [0.717, 1.165) is 0 Å². The molecule has 1 fully saturated rings. The van der Waals surface area contributed by atoms with Gasteiger partial charge in [0.15, 0.2) is 0 Å². The molecule has 3 rings (SSSR count). The minimum absolute atomic E-state index is 0.194. The second-order valence-electron chi connectivity index (χ2n) is 6.36. The number of hydrogen-bond donors (Lipinski definition) is 2. The number of imide groups is 1. The van der Waals surface area contributed by atoms with Crippen LogP contribution in [0.5, 0.6) is 5.75 Å². The molecule has 0 bridgehead atoms. The molecule has 2 aliphatic heterocycles. The summed E-state index contributed by atoms with van der Waals surface area (Å²) in [4.78, 5) is 40.5. The predicted octanol–water partition coefficient (Wildman–Crippen LogP) is 2.16. The Morgan fingerprint density at radius 1 is 1.33 bits per heavy atom. The van der Waals surface area contributed by atoms with Crippen LogP contribution in [0, 0.1) is 0 Å². The molecule has 1 aromatic rings. The summed E-state index contributed by atoms with van der Waals surface area (Å²) in [6.07, 6.45) is 0. The number of fused-ring (bicyclic) bond motifs is 1. The highest BCUT2D eigenvalue weighted by Crippen LogP contribution is 2.30. The highest BCUT2D eigenvalue weighted by molar-refractivity contribution is 8.00. The maximum atomic E-state index is 12.8. The molecule has 0 aromatic heterocycles. The maximum Gasteiger partial charge on any atom is 0.331 e. The Morgan fingerprint density at radius 3 is 2.78 bits per heavy atom. The molecule has 1 unspecified atom stereocenters. The second kappa shape index (κ2) is 8.01. The molecule has 1 saturated heterocycles. The third-order valence-electron chi connectivity index (χ3n) is 4.17. The van der Waals surface area contributed by atoms with Gasteiger partial charge in [-0.3, -0.25) is 19.4 Å². The third-order valence-corrected chi connectivity index (χ3v) is 4.90. The van der Waals surface area contributed by atoms with Crippen LogP contribution in [-0.4, -0.2) is 52.9 Å². The number of nitrogens with one attached hydrogen (secondary N) is 2. The van der Waals surface area contributed by atoms with E-state index in [1.807, 2.05) is 13.0 Å². The van der Waals surface area contributed by atoms with Crippen molar-refractivity contribution in [2.24, 2.45) is 0 Å². The van der Waals surface area contributed by atoms with Gasteiger partial charge in [-0.25, -0.2) is 9.52 Å². The van der Waals surface area contributed by atoms with Crippen molar-refractivity contribution in [2.75, 3.05) is 18.5 Å². The molecule has 2 aliphatic rings. The molecule has 4 amide bonds. The number of para-hydroxylation sites is 2. The highest BCUT2D eigenvalue weighted by atomic mass is 32.2. The smallest absolute Gasteiger partial charge is 0.331 e. The molecule has 9 heteroatoms. The van der Waals surface area contributed by atoms with Crippen molar-refractivity contribution in [2.45, 2.75) is 32.9 Å². The molecule has 0 saturated carbocycles. The number of amides is 4. The van der Waals surface area contributed by atoms with Crippen molar-refractivity contribution < 1.29 is 19.1 Å². The fourth-order valence-electron chi connectivity index (χ4n) is 2.98. The number of urea groups is 1. The number of anilines is 1. The average Bonchev–Trinajstić information content (AvgIpc) is 3.10. The largest absolute Gasteiger partial charge is 0.492 e. The van der Waals surface area contributed by atoms with Gasteiger partial charge < -0.3 is 10.1 Å². The fraction of sp³-hybridized carbons (Fsp3) is 0.389. The zero-order valence-corrected chi connectivity index (χ0v) is 16.2. The quantitative estimate of drug-likeness (QED) is 0.724. The number of nitrogens with zero attached hydrogens (tertiary/aromatic N) is 2. The Labute approximate surface area is 162 Å². The van der Waals surface area contributed by atoms with Crippen molar-refractivity contribution in [3.8, 4) is 5.75 Å². The molecular weight excluding hydrogens is 368 g/mol. The zero-order valence-electron chi connectivity index (χ0n) is 15.4. The predicted molar refractivity (Wildman–Crippen MR) is 103 cm³/mol. The molecule has 1 aromatic carbocycles. The summed E-state index contributed by atoms with van der Waals surface area (Å²) in [5.41, 5.74) is 1.04. The van der Waals surface area contributed by atoms with Gasteiger partial charge in [0.25, 0.3) is 5.91 Å². The van der Waals surface area contributed by atoms with Gasteiger partial charge in [0.2, 0.25) is 5.91 Å². The molecule has 0 radical (unpaired) electrons. The number of carbonyl (C=O) groups is 3. The second-order valence-corrected chi connectivity index (χ2v) is 7.07. The van der Waals surface area contributed by atoms with E-state index in [9.17, 15) is 14.4 Å². The Balaban J connectivity index is 1.78. The number of hydrogen-bond acceptors (Lipinski definition) is 6. The minimum Gasteiger partial charge on any atom is -0.492 e. The molecule has 1 atom stereocenters. The lowest BCUT2D eigenvalue weighted by molar-refractivity contribution is -0.133. The van der Waals surface area contributed by atoms with Crippen LogP contribution in [0.15, 0.2) is 35.4 Å². The summed E-state index contributed by atoms with van der Waals surface area (Å²) in [5.74, 6) is -0.109. The average molecular weight is 390 g/mol. The van der Waals surface area contributed by atoms with Gasteiger partial charge in [0.1, 0.15) is 18.3 Å². The van der Waals surface area contributed by atoms with Gasteiger partial charge >= 0.3 is 6.03 Å². The normalized spacial score (nSPS) is 19.3. The van der Waals surface area contributed by atoms with Crippen LogP contribution in [0.2, 0.25) is 0 Å². The van der Waals surface area contributed by atoms with E-state index < -0.39 is 12.1 Å². The van der Waals surface area contributed by atoms with E-state index in [2.05, 4.69) is 10.0 Å². The first-order valence-corrected chi connectivity index (χ1v) is 9.59. The van der Waals surface area contributed by atoms with Crippen molar-refractivity contribution in [1.29, 1.82) is 0 Å². The summed E-state index contributed by atoms with van der Waals surface area (Å²) in [6.45, 7) is 5.67. The van der Waals surface area contributed by atoms with Gasteiger partial charge in [-0.1, -0.05) is 24.1 Å². The van der Waals surface area contributed by atoms with E-state index >= 15 is 0 Å². The van der Waals surface area contributed by atoms with Crippen LogP contribution in [0.25, 0.3) is 0 Å². The van der Waals surface area contributed by atoms with E-state index in [0.29, 0.717) is 23.7 Å².